The van der Waals surface area contributed by atoms with Crippen LogP contribution in [0.3, 0.4) is 0 Å². The lowest BCUT2D eigenvalue weighted by Crippen LogP contribution is -2.25. The van der Waals surface area contributed by atoms with Crippen LogP contribution in [0.15, 0.2) is 60.7 Å². The van der Waals surface area contributed by atoms with Gasteiger partial charge in [-0.2, -0.15) is 0 Å². The number of carbonyl (C=O) groups is 6. The van der Waals surface area contributed by atoms with Gasteiger partial charge in [0.25, 0.3) is 17.7 Å². The molecule has 0 heterocycles. The molecule has 0 aliphatic rings. The van der Waals surface area contributed by atoms with E-state index in [1.54, 1.807) is 36.4 Å². The zero-order valence-corrected chi connectivity index (χ0v) is 36.3. The van der Waals surface area contributed by atoms with Crippen LogP contribution in [0.25, 0.3) is 0 Å². The van der Waals surface area contributed by atoms with Gasteiger partial charge >= 0.3 is 17.9 Å². The topological polar surface area (TPSA) is 238 Å². The highest BCUT2D eigenvalue weighted by molar-refractivity contribution is 5.99. The van der Waals surface area contributed by atoms with E-state index in [0.717, 1.165) is 83.5 Å². The summed E-state index contributed by atoms with van der Waals surface area (Å²) >= 11 is 0. The van der Waals surface area contributed by atoms with Gasteiger partial charge in [0.05, 0.1) is 16.7 Å². The molecule has 0 aromatic heterocycles. The Morgan fingerprint density at radius 2 is 0.746 bits per heavy atom. The van der Waals surface area contributed by atoms with Crippen molar-refractivity contribution in [1.29, 1.82) is 0 Å². The van der Waals surface area contributed by atoms with E-state index in [1.807, 2.05) is 0 Å². The fraction of sp³-hybridized carbons (Fsp3) is 0.500. The quantitative estimate of drug-likeness (QED) is 0.0278. The molecule has 7 N–H and O–H groups in total. The Morgan fingerprint density at radius 1 is 0.397 bits per heavy atom. The Balaban J connectivity index is 1.66. The number of nitrogens with one attached hydrogen (secondary N) is 3. The number of unbranched alkanes of at least 4 members (excludes halogenated alkanes) is 15. The first-order chi connectivity index (χ1) is 30.4. The minimum Gasteiger partial charge on any atom is -0.507 e. The monoisotopic (exact) mass is 875 g/mol. The number of para-hydroxylation sites is 1. The molecule has 3 rings (SSSR count). The Kier molecular flexibility index (Phi) is 24.4. The molecular weight excluding hydrogens is 811 g/mol. The fourth-order valence-electron chi connectivity index (χ4n) is 6.81. The minimum absolute atomic E-state index is 0.0100. The van der Waals surface area contributed by atoms with E-state index in [4.69, 9.17) is 24.8 Å². The average molecular weight is 876 g/mol. The van der Waals surface area contributed by atoms with Crippen LogP contribution in [0.4, 0.5) is 0 Å². The summed E-state index contributed by atoms with van der Waals surface area (Å²) in [7, 11) is 0. The number of carbonyl (C=O) groups excluding carboxylic acids is 3. The predicted molar refractivity (Wildman–Crippen MR) is 238 cm³/mol. The molecule has 0 saturated carbocycles. The van der Waals surface area contributed by atoms with E-state index >= 15 is 0 Å². The third kappa shape index (κ3) is 21.5. The number of aromatic hydroxyl groups is 1. The largest absolute Gasteiger partial charge is 0.507 e. The number of ether oxygens (including phenoxy) is 2. The number of amides is 3. The van der Waals surface area contributed by atoms with Crippen LogP contribution in [-0.4, -0.2) is 75.7 Å². The highest BCUT2D eigenvalue weighted by Gasteiger charge is 2.19. The lowest BCUT2D eigenvalue weighted by atomic mass is 10.1. The SMILES string of the molecule is O=C(O)CCCCCCCCCCNC(=O)c1cc(Oc2ccc(Oc3ccccc3C(=O)NCCCCCCC(=O)O)cc2C(=O)NCCCCCCCCC(=O)O)ccc1O. The number of carboxylic acids is 3. The molecule has 0 aliphatic carbocycles. The molecule has 0 atom stereocenters. The van der Waals surface area contributed by atoms with Crippen LogP contribution < -0.4 is 25.4 Å². The zero-order valence-electron chi connectivity index (χ0n) is 36.3. The summed E-state index contributed by atoms with van der Waals surface area (Å²) in [5.41, 5.74) is 0.426. The van der Waals surface area contributed by atoms with E-state index in [2.05, 4.69) is 16.0 Å². The van der Waals surface area contributed by atoms with E-state index in [0.29, 0.717) is 51.7 Å². The normalized spacial score (nSPS) is 10.8. The van der Waals surface area contributed by atoms with Gasteiger partial charge < -0.3 is 45.9 Å². The maximum atomic E-state index is 13.7. The summed E-state index contributed by atoms with van der Waals surface area (Å²) in [6.07, 6.45) is 15.5. The Hall–Kier alpha value is -6.12. The van der Waals surface area contributed by atoms with Crippen molar-refractivity contribution >= 4 is 35.6 Å². The zero-order chi connectivity index (χ0) is 45.7. The Bertz CT molecular complexity index is 1920. The molecule has 15 heteroatoms. The first kappa shape index (κ1) is 51.2. The van der Waals surface area contributed by atoms with Gasteiger partial charge in [-0.1, -0.05) is 89.2 Å². The number of hydrogen-bond acceptors (Lipinski definition) is 9. The predicted octanol–water partition coefficient (Wildman–Crippen LogP) is 9.61. The van der Waals surface area contributed by atoms with Crippen molar-refractivity contribution in [2.24, 2.45) is 0 Å². The van der Waals surface area contributed by atoms with Crippen molar-refractivity contribution in [3.63, 3.8) is 0 Å². The van der Waals surface area contributed by atoms with E-state index < -0.39 is 29.7 Å². The van der Waals surface area contributed by atoms with Gasteiger partial charge in [-0.15, -0.1) is 0 Å². The average Bonchev–Trinajstić information content (AvgIpc) is 3.25. The number of phenols is 1. The second kappa shape index (κ2) is 30.0. The third-order valence-electron chi connectivity index (χ3n) is 10.3. The van der Waals surface area contributed by atoms with Crippen LogP contribution in [0.1, 0.15) is 166 Å². The summed E-state index contributed by atoms with van der Waals surface area (Å²) in [5.74, 6) is -3.00. The van der Waals surface area contributed by atoms with Gasteiger partial charge in [0.2, 0.25) is 0 Å². The van der Waals surface area contributed by atoms with Crippen molar-refractivity contribution in [2.45, 2.75) is 135 Å². The molecule has 63 heavy (non-hydrogen) atoms. The molecule has 0 saturated heterocycles. The van der Waals surface area contributed by atoms with E-state index in [9.17, 15) is 33.9 Å². The van der Waals surface area contributed by atoms with Crippen LogP contribution in [0.2, 0.25) is 0 Å². The van der Waals surface area contributed by atoms with Crippen molar-refractivity contribution in [3.8, 4) is 28.7 Å². The molecule has 344 valence electrons. The molecule has 0 unspecified atom stereocenters. The highest BCUT2D eigenvalue weighted by atomic mass is 16.5. The van der Waals surface area contributed by atoms with Gasteiger partial charge in [-0.3, -0.25) is 28.8 Å². The van der Waals surface area contributed by atoms with Crippen molar-refractivity contribution in [2.75, 3.05) is 19.6 Å². The van der Waals surface area contributed by atoms with Crippen molar-refractivity contribution in [1.82, 2.24) is 16.0 Å². The number of phenolic OH excluding ortho intramolecular Hbond substituents is 1. The summed E-state index contributed by atoms with van der Waals surface area (Å²) in [6, 6.07) is 15.6. The standard InChI is InChI=1S/C48H65N3O12/c52-40-28-26-35(33-38(40)47(60)50-31-18-10-5-2-1-3-7-13-23-43(53)54)63-42-29-27-36(34-39(42)48(61)51-32-19-11-6-4-8-14-24-44(55)56)62-41-22-17-16-21-37(41)46(59)49-30-20-12-9-15-25-45(57)58/h16-17,21-22,26-29,33-34,52H,1-15,18-20,23-25,30-32H2,(H,49,59)(H,50,60)(H,51,61)(H,53,54)(H,55,56)(H,57,58). The summed E-state index contributed by atoms with van der Waals surface area (Å²) in [6.45, 7) is 1.20. The summed E-state index contributed by atoms with van der Waals surface area (Å²) in [4.78, 5) is 72.1. The van der Waals surface area contributed by atoms with Crippen LogP contribution in [0.5, 0.6) is 28.7 Å². The van der Waals surface area contributed by atoms with Gasteiger partial charge in [-0.05, 0) is 87.1 Å². The smallest absolute Gasteiger partial charge is 0.303 e. The number of benzene rings is 3. The molecule has 0 bridgehead atoms. The van der Waals surface area contributed by atoms with Crippen LogP contribution in [-0.2, 0) is 14.4 Å². The molecule has 0 fully saturated rings. The summed E-state index contributed by atoms with van der Waals surface area (Å²) in [5, 5.41) is 45.7. The van der Waals surface area contributed by atoms with Crippen LogP contribution >= 0.6 is 0 Å². The summed E-state index contributed by atoms with van der Waals surface area (Å²) < 4.78 is 12.4. The Morgan fingerprint density at radius 3 is 1.21 bits per heavy atom. The van der Waals surface area contributed by atoms with E-state index in [1.165, 1.54) is 24.3 Å². The Labute approximate surface area is 370 Å². The molecule has 0 aliphatic heterocycles. The van der Waals surface area contributed by atoms with Gasteiger partial charge in [-0.25, -0.2) is 0 Å². The van der Waals surface area contributed by atoms with Crippen molar-refractivity contribution in [3.05, 3.63) is 77.4 Å². The fourth-order valence-corrected chi connectivity index (χ4v) is 6.81. The van der Waals surface area contributed by atoms with Gasteiger partial charge in [0, 0.05) is 38.9 Å². The lowest BCUT2D eigenvalue weighted by Gasteiger charge is -2.16. The maximum Gasteiger partial charge on any atom is 0.303 e. The van der Waals surface area contributed by atoms with Crippen molar-refractivity contribution < 1.29 is 58.7 Å². The number of aliphatic carboxylic acids is 3. The lowest BCUT2D eigenvalue weighted by molar-refractivity contribution is -0.138. The van der Waals surface area contributed by atoms with Gasteiger partial charge in [0.15, 0.2) is 0 Å². The molecule has 0 spiro atoms. The molecule has 3 aromatic carbocycles. The molecule has 0 radical (unpaired) electrons. The minimum atomic E-state index is -0.826. The van der Waals surface area contributed by atoms with Crippen LogP contribution in [0, 0.1) is 0 Å². The molecular formula is C48H65N3O12. The molecule has 15 nitrogen and oxygen atoms in total. The van der Waals surface area contributed by atoms with E-state index in [-0.39, 0.29) is 70.6 Å². The maximum absolute atomic E-state index is 13.7. The number of carboxylic acid groups (broad SMARTS) is 3. The first-order valence-corrected chi connectivity index (χ1v) is 22.4. The molecule has 3 amide bonds. The highest BCUT2D eigenvalue weighted by Crippen LogP contribution is 2.34. The third-order valence-corrected chi connectivity index (χ3v) is 10.3. The first-order valence-electron chi connectivity index (χ1n) is 22.4. The number of hydrogen-bond donors (Lipinski definition) is 7. The van der Waals surface area contributed by atoms with Gasteiger partial charge in [0.1, 0.15) is 28.7 Å². The molecule has 3 aromatic rings. The second-order valence-corrected chi connectivity index (χ2v) is 15.6. The second-order valence-electron chi connectivity index (χ2n) is 15.6. The number of rotatable bonds is 34.